The highest BCUT2D eigenvalue weighted by Crippen LogP contribution is 2.24. The first-order valence-corrected chi connectivity index (χ1v) is 9.48. The Labute approximate surface area is 162 Å². The van der Waals surface area contributed by atoms with Gasteiger partial charge < -0.3 is 4.74 Å². The van der Waals surface area contributed by atoms with E-state index in [4.69, 9.17) is 4.74 Å². The van der Waals surface area contributed by atoms with Crippen LogP contribution in [0, 0.1) is 6.92 Å². The van der Waals surface area contributed by atoms with E-state index >= 15 is 0 Å². The summed E-state index contributed by atoms with van der Waals surface area (Å²) < 4.78 is 5.29. The summed E-state index contributed by atoms with van der Waals surface area (Å²) in [4.78, 5) is 35.5. The summed E-state index contributed by atoms with van der Waals surface area (Å²) in [6.07, 6.45) is 0. The van der Waals surface area contributed by atoms with Gasteiger partial charge in [0.2, 0.25) is 5.91 Å². The number of Topliss-reactive ketones (excluding diaryl/α,β-unsaturated/α-hetero) is 1. The molecule has 27 heavy (non-hydrogen) atoms. The van der Waals surface area contributed by atoms with Crippen LogP contribution in [0.25, 0.3) is 0 Å². The highest BCUT2D eigenvalue weighted by atomic mass is 32.2. The van der Waals surface area contributed by atoms with Gasteiger partial charge in [0.05, 0.1) is 12.9 Å². The molecular weight excluding hydrogens is 364 g/mol. The quantitative estimate of drug-likeness (QED) is 0.565. The number of carbonyl (C=O) groups excluding carboxylic acids is 3. The van der Waals surface area contributed by atoms with E-state index in [1.54, 1.807) is 37.4 Å². The third-order valence-electron chi connectivity index (χ3n) is 3.88. The lowest BCUT2D eigenvalue weighted by Crippen LogP contribution is -2.42. The summed E-state index contributed by atoms with van der Waals surface area (Å²) in [5, 5.41) is 0. The van der Waals surface area contributed by atoms with Gasteiger partial charge in [-0.25, -0.2) is 0 Å². The summed E-state index contributed by atoms with van der Waals surface area (Å²) in [6.45, 7) is 3.33. The van der Waals surface area contributed by atoms with Gasteiger partial charge >= 0.3 is 0 Å². The molecule has 0 atom stereocenters. The molecule has 0 radical (unpaired) electrons. The SMILES string of the molecule is COc1ccc(C(C)=O)cc1CSCC(=O)NNC(=O)c1ccccc1C. The first kappa shape index (κ1) is 20.5. The monoisotopic (exact) mass is 386 g/mol. The summed E-state index contributed by atoms with van der Waals surface area (Å²) >= 11 is 1.36. The summed E-state index contributed by atoms with van der Waals surface area (Å²) in [6, 6.07) is 12.4. The molecule has 0 aliphatic carbocycles. The molecule has 2 aromatic carbocycles. The van der Waals surface area contributed by atoms with E-state index in [1.807, 2.05) is 19.1 Å². The van der Waals surface area contributed by atoms with Crippen molar-refractivity contribution in [3.05, 3.63) is 64.7 Å². The Balaban J connectivity index is 1.84. The molecule has 0 bridgehead atoms. The van der Waals surface area contributed by atoms with E-state index in [2.05, 4.69) is 10.9 Å². The molecule has 0 aliphatic rings. The van der Waals surface area contributed by atoms with Gasteiger partial charge in [0.15, 0.2) is 5.78 Å². The number of methoxy groups -OCH3 is 1. The Bertz CT molecular complexity index is 852. The van der Waals surface area contributed by atoms with E-state index in [0.717, 1.165) is 11.1 Å². The molecule has 0 fully saturated rings. The van der Waals surface area contributed by atoms with Crippen LogP contribution >= 0.6 is 11.8 Å². The van der Waals surface area contributed by atoms with Crippen LogP contribution in [0.2, 0.25) is 0 Å². The van der Waals surface area contributed by atoms with Gasteiger partial charge in [0.1, 0.15) is 5.75 Å². The van der Waals surface area contributed by atoms with Crippen molar-refractivity contribution in [1.29, 1.82) is 0 Å². The van der Waals surface area contributed by atoms with Crippen molar-refractivity contribution < 1.29 is 19.1 Å². The Morgan fingerprint density at radius 2 is 1.81 bits per heavy atom. The van der Waals surface area contributed by atoms with Crippen molar-refractivity contribution >= 4 is 29.4 Å². The zero-order chi connectivity index (χ0) is 19.8. The fraction of sp³-hybridized carbons (Fsp3) is 0.250. The summed E-state index contributed by atoms with van der Waals surface area (Å²) in [5.41, 5.74) is 7.60. The van der Waals surface area contributed by atoms with Gasteiger partial charge in [-0.1, -0.05) is 18.2 Å². The fourth-order valence-electron chi connectivity index (χ4n) is 2.42. The van der Waals surface area contributed by atoms with Crippen molar-refractivity contribution in [2.24, 2.45) is 0 Å². The van der Waals surface area contributed by atoms with E-state index in [9.17, 15) is 14.4 Å². The average molecular weight is 386 g/mol. The smallest absolute Gasteiger partial charge is 0.269 e. The maximum atomic E-state index is 12.1. The number of hydrogen-bond acceptors (Lipinski definition) is 5. The second-order valence-electron chi connectivity index (χ2n) is 5.89. The number of nitrogens with one attached hydrogen (secondary N) is 2. The van der Waals surface area contributed by atoms with Gasteiger partial charge in [-0.05, 0) is 43.7 Å². The molecule has 0 aliphatic heterocycles. The van der Waals surface area contributed by atoms with Crippen LogP contribution in [0.5, 0.6) is 5.75 Å². The van der Waals surface area contributed by atoms with Gasteiger partial charge in [-0.15, -0.1) is 11.8 Å². The third kappa shape index (κ3) is 5.86. The molecule has 0 saturated heterocycles. The summed E-state index contributed by atoms with van der Waals surface area (Å²) in [7, 11) is 1.56. The fourth-order valence-corrected chi connectivity index (χ4v) is 3.23. The highest BCUT2D eigenvalue weighted by molar-refractivity contribution is 7.99. The molecule has 0 spiro atoms. The number of aryl methyl sites for hydroxylation is 1. The first-order chi connectivity index (χ1) is 12.9. The molecule has 0 heterocycles. The van der Waals surface area contributed by atoms with Crippen LogP contribution in [0.1, 0.15) is 38.8 Å². The van der Waals surface area contributed by atoms with Crippen LogP contribution in [0.4, 0.5) is 0 Å². The van der Waals surface area contributed by atoms with E-state index in [-0.39, 0.29) is 23.4 Å². The van der Waals surface area contributed by atoms with Gasteiger partial charge in [0, 0.05) is 22.4 Å². The minimum atomic E-state index is -0.359. The van der Waals surface area contributed by atoms with Crippen molar-refractivity contribution in [3.63, 3.8) is 0 Å². The van der Waals surface area contributed by atoms with Crippen LogP contribution in [0.3, 0.4) is 0 Å². The third-order valence-corrected chi connectivity index (χ3v) is 4.86. The molecule has 0 saturated carbocycles. The minimum Gasteiger partial charge on any atom is -0.496 e. The van der Waals surface area contributed by atoms with Crippen molar-refractivity contribution in [2.45, 2.75) is 19.6 Å². The number of rotatable bonds is 7. The molecule has 6 nitrogen and oxygen atoms in total. The molecule has 2 rings (SSSR count). The van der Waals surface area contributed by atoms with Crippen molar-refractivity contribution in [3.8, 4) is 5.75 Å². The lowest BCUT2D eigenvalue weighted by molar-refractivity contribution is -0.119. The number of ether oxygens (including phenoxy) is 1. The number of benzene rings is 2. The Morgan fingerprint density at radius 3 is 2.48 bits per heavy atom. The van der Waals surface area contributed by atoms with Crippen LogP contribution in [-0.4, -0.2) is 30.5 Å². The lowest BCUT2D eigenvalue weighted by Gasteiger charge is -2.11. The largest absolute Gasteiger partial charge is 0.496 e. The molecule has 2 amide bonds. The van der Waals surface area contributed by atoms with Crippen LogP contribution < -0.4 is 15.6 Å². The standard InChI is InChI=1S/C20H22N2O4S/c1-13-6-4-5-7-17(13)20(25)22-21-19(24)12-27-11-16-10-15(14(2)23)8-9-18(16)26-3/h4-10H,11-12H2,1-3H3,(H,21,24)(H,22,25). The van der Waals surface area contributed by atoms with Gasteiger partial charge in [-0.3, -0.25) is 25.2 Å². The zero-order valence-corrected chi connectivity index (χ0v) is 16.3. The second-order valence-corrected chi connectivity index (χ2v) is 6.88. The Morgan fingerprint density at radius 1 is 1.07 bits per heavy atom. The molecule has 7 heteroatoms. The molecule has 2 aromatic rings. The van der Waals surface area contributed by atoms with Gasteiger partial charge in [0.25, 0.3) is 5.91 Å². The predicted molar refractivity (Wildman–Crippen MR) is 106 cm³/mol. The molecule has 0 aromatic heterocycles. The normalized spacial score (nSPS) is 10.2. The maximum Gasteiger partial charge on any atom is 0.269 e. The topological polar surface area (TPSA) is 84.5 Å². The predicted octanol–water partition coefficient (Wildman–Crippen LogP) is 2.90. The van der Waals surface area contributed by atoms with Crippen molar-refractivity contribution in [2.75, 3.05) is 12.9 Å². The average Bonchev–Trinajstić information content (AvgIpc) is 2.66. The zero-order valence-electron chi connectivity index (χ0n) is 15.5. The number of carbonyl (C=O) groups is 3. The van der Waals surface area contributed by atoms with Crippen LogP contribution in [-0.2, 0) is 10.5 Å². The highest BCUT2D eigenvalue weighted by Gasteiger charge is 2.11. The van der Waals surface area contributed by atoms with E-state index in [1.165, 1.54) is 18.7 Å². The lowest BCUT2D eigenvalue weighted by atomic mass is 10.1. The summed E-state index contributed by atoms with van der Waals surface area (Å²) in [5.74, 6) is 0.623. The number of amides is 2. The molecule has 0 unspecified atom stereocenters. The number of thioether (sulfide) groups is 1. The number of hydrogen-bond donors (Lipinski definition) is 2. The van der Waals surface area contributed by atoms with Crippen molar-refractivity contribution in [1.82, 2.24) is 10.9 Å². The Hall–Kier alpha value is -2.80. The molecular formula is C20H22N2O4S. The molecule has 2 N–H and O–H groups in total. The van der Waals surface area contributed by atoms with E-state index in [0.29, 0.717) is 22.6 Å². The van der Waals surface area contributed by atoms with E-state index < -0.39 is 0 Å². The van der Waals surface area contributed by atoms with Crippen LogP contribution in [0.15, 0.2) is 42.5 Å². The molecule has 142 valence electrons. The minimum absolute atomic E-state index is 0.0273. The number of hydrazine groups is 1. The maximum absolute atomic E-state index is 12.1. The number of ketones is 1. The van der Waals surface area contributed by atoms with Gasteiger partial charge in [-0.2, -0.15) is 0 Å². The second kappa shape index (κ2) is 9.78. The first-order valence-electron chi connectivity index (χ1n) is 8.32. The Kier molecular flexibility index (Phi) is 7.43.